The van der Waals surface area contributed by atoms with Crippen LogP contribution >= 0.6 is 0 Å². The Hall–Kier alpha value is -1.33. The van der Waals surface area contributed by atoms with Crippen molar-refractivity contribution in [1.29, 1.82) is 5.26 Å². The molecule has 1 aromatic carbocycles. The third-order valence-corrected chi connectivity index (χ3v) is 4.70. The first-order valence-corrected chi connectivity index (χ1v) is 7.28. The van der Waals surface area contributed by atoms with E-state index in [0.29, 0.717) is 0 Å². The summed E-state index contributed by atoms with van der Waals surface area (Å²) in [5, 5.41) is 9.90. The highest BCUT2D eigenvalue weighted by atomic mass is 15.2. The number of hydrogen-bond donors (Lipinski definition) is 0. The lowest BCUT2D eigenvalue weighted by Gasteiger charge is -2.46. The van der Waals surface area contributed by atoms with Gasteiger partial charge in [0, 0.05) is 0 Å². The topological polar surface area (TPSA) is 27.0 Å². The molecule has 0 saturated heterocycles. The van der Waals surface area contributed by atoms with Crippen molar-refractivity contribution in [2.45, 2.75) is 51.5 Å². The SMILES string of the molecule is CCN(CC)C1(C#N)CCC(C)(C)c2ccccc21. The maximum Gasteiger partial charge on any atom is 0.135 e. The van der Waals surface area contributed by atoms with Crippen molar-refractivity contribution in [2.24, 2.45) is 0 Å². The molecule has 0 N–H and O–H groups in total. The van der Waals surface area contributed by atoms with Gasteiger partial charge in [0.2, 0.25) is 0 Å². The Labute approximate surface area is 117 Å². The molecule has 0 bridgehead atoms. The Kier molecular flexibility index (Phi) is 3.69. The van der Waals surface area contributed by atoms with E-state index in [2.05, 4.69) is 62.9 Å². The van der Waals surface area contributed by atoms with Gasteiger partial charge in [-0.1, -0.05) is 52.0 Å². The largest absolute Gasteiger partial charge is 0.282 e. The summed E-state index contributed by atoms with van der Waals surface area (Å²) in [5.41, 5.74) is 2.30. The second kappa shape index (κ2) is 4.98. The van der Waals surface area contributed by atoms with Gasteiger partial charge in [-0.25, -0.2) is 0 Å². The first kappa shape index (κ1) is 14.1. The van der Waals surface area contributed by atoms with E-state index in [-0.39, 0.29) is 5.41 Å². The predicted molar refractivity (Wildman–Crippen MR) is 78.9 cm³/mol. The number of rotatable bonds is 3. The lowest BCUT2D eigenvalue weighted by Crippen LogP contribution is -2.49. The first-order chi connectivity index (χ1) is 9.01. The van der Waals surface area contributed by atoms with Crippen LogP contribution in [0.4, 0.5) is 0 Å². The lowest BCUT2D eigenvalue weighted by atomic mass is 9.65. The average molecular weight is 256 g/mol. The third-order valence-electron chi connectivity index (χ3n) is 4.70. The van der Waals surface area contributed by atoms with Gasteiger partial charge in [0.1, 0.15) is 5.54 Å². The molecule has 0 amide bonds. The molecular weight excluding hydrogens is 232 g/mol. The number of nitrogens with zero attached hydrogens (tertiary/aromatic N) is 2. The minimum Gasteiger partial charge on any atom is -0.282 e. The molecule has 0 aliphatic heterocycles. The van der Waals surface area contributed by atoms with Gasteiger partial charge in [0.05, 0.1) is 6.07 Å². The van der Waals surface area contributed by atoms with Crippen molar-refractivity contribution < 1.29 is 0 Å². The zero-order valence-corrected chi connectivity index (χ0v) is 12.5. The highest BCUT2D eigenvalue weighted by Crippen LogP contribution is 2.47. The van der Waals surface area contributed by atoms with Gasteiger partial charge in [-0.15, -0.1) is 0 Å². The monoisotopic (exact) mass is 256 g/mol. The molecule has 1 unspecified atom stereocenters. The smallest absolute Gasteiger partial charge is 0.135 e. The quantitative estimate of drug-likeness (QED) is 0.822. The van der Waals surface area contributed by atoms with Crippen molar-refractivity contribution in [3.8, 4) is 6.07 Å². The highest BCUT2D eigenvalue weighted by molar-refractivity contribution is 5.45. The fourth-order valence-corrected chi connectivity index (χ4v) is 3.48. The zero-order valence-electron chi connectivity index (χ0n) is 12.5. The number of benzene rings is 1. The molecule has 0 heterocycles. The summed E-state index contributed by atoms with van der Waals surface area (Å²) >= 11 is 0. The zero-order chi connectivity index (χ0) is 14.1. The standard InChI is InChI=1S/C17H24N2/c1-5-19(6-2)17(13-18)12-11-16(3,4)14-9-7-8-10-15(14)17/h7-10H,5-6,11-12H2,1-4H3. The van der Waals surface area contributed by atoms with Crippen LogP contribution in [-0.4, -0.2) is 18.0 Å². The van der Waals surface area contributed by atoms with Gasteiger partial charge in [0.15, 0.2) is 0 Å². The highest BCUT2D eigenvalue weighted by Gasteiger charge is 2.45. The van der Waals surface area contributed by atoms with E-state index in [0.717, 1.165) is 25.9 Å². The van der Waals surface area contributed by atoms with Crippen LogP contribution in [0.5, 0.6) is 0 Å². The van der Waals surface area contributed by atoms with Gasteiger partial charge in [0.25, 0.3) is 0 Å². The van der Waals surface area contributed by atoms with Crippen molar-refractivity contribution in [3.63, 3.8) is 0 Å². The molecule has 0 spiro atoms. The normalized spacial score (nSPS) is 24.8. The molecule has 2 nitrogen and oxygen atoms in total. The van der Waals surface area contributed by atoms with Crippen LogP contribution in [0.1, 0.15) is 51.7 Å². The minimum atomic E-state index is -0.435. The second-order valence-corrected chi connectivity index (χ2v) is 6.07. The molecule has 2 heteroatoms. The molecule has 0 radical (unpaired) electrons. The molecule has 1 atom stereocenters. The summed E-state index contributed by atoms with van der Waals surface area (Å²) in [7, 11) is 0. The summed E-state index contributed by atoms with van der Waals surface area (Å²) in [5.74, 6) is 0. The van der Waals surface area contributed by atoms with Crippen LogP contribution in [0.3, 0.4) is 0 Å². The van der Waals surface area contributed by atoms with E-state index >= 15 is 0 Å². The van der Waals surface area contributed by atoms with Gasteiger partial charge >= 0.3 is 0 Å². The van der Waals surface area contributed by atoms with E-state index in [9.17, 15) is 5.26 Å². The predicted octanol–water partition coefficient (Wildman–Crippen LogP) is 3.82. The van der Waals surface area contributed by atoms with Crippen molar-refractivity contribution in [1.82, 2.24) is 4.90 Å². The van der Waals surface area contributed by atoms with Crippen molar-refractivity contribution >= 4 is 0 Å². The molecule has 2 rings (SSSR count). The summed E-state index contributed by atoms with van der Waals surface area (Å²) < 4.78 is 0. The first-order valence-electron chi connectivity index (χ1n) is 7.28. The van der Waals surface area contributed by atoms with Crippen molar-refractivity contribution in [2.75, 3.05) is 13.1 Å². The Morgan fingerprint density at radius 3 is 2.21 bits per heavy atom. The van der Waals surface area contributed by atoms with E-state index < -0.39 is 5.54 Å². The van der Waals surface area contributed by atoms with Crippen LogP contribution in [0.25, 0.3) is 0 Å². The second-order valence-electron chi connectivity index (χ2n) is 6.07. The summed E-state index contributed by atoms with van der Waals surface area (Å²) in [6, 6.07) is 11.1. The average Bonchev–Trinajstić information content (AvgIpc) is 2.43. The minimum absolute atomic E-state index is 0.171. The van der Waals surface area contributed by atoms with E-state index in [1.165, 1.54) is 11.1 Å². The Bertz CT molecular complexity index is 494. The summed E-state index contributed by atoms with van der Waals surface area (Å²) in [6.45, 7) is 10.7. The van der Waals surface area contributed by atoms with Crippen LogP contribution < -0.4 is 0 Å². The molecule has 0 aromatic heterocycles. The molecule has 1 aliphatic carbocycles. The van der Waals surface area contributed by atoms with Crippen molar-refractivity contribution in [3.05, 3.63) is 35.4 Å². The maximum absolute atomic E-state index is 9.90. The van der Waals surface area contributed by atoms with Gasteiger partial charge in [-0.3, -0.25) is 4.90 Å². The molecule has 19 heavy (non-hydrogen) atoms. The van der Waals surface area contributed by atoms with Gasteiger partial charge in [-0.2, -0.15) is 5.26 Å². The fraction of sp³-hybridized carbons (Fsp3) is 0.588. The van der Waals surface area contributed by atoms with Crippen LogP contribution in [0.2, 0.25) is 0 Å². The van der Waals surface area contributed by atoms with E-state index in [4.69, 9.17) is 0 Å². The molecular formula is C17H24N2. The Morgan fingerprint density at radius 2 is 1.68 bits per heavy atom. The van der Waals surface area contributed by atoms with Crippen LogP contribution in [-0.2, 0) is 11.0 Å². The van der Waals surface area contributed by atoms with Crippen LogP contribution in [0.15, 0.2) is 24.3 Å². The summed E-state index contributed by atoms with van der Waals surface area (Å²) in [6.07, 6.45) is 1.99. The number of hydrogen-bond acceptors (Lipinski definition) is 2. The van der Waals surface area contributed by atoms with Gasteiger partial charge in [-0.05, 0) is 42.5 Å². The number of fused-ring (bicyclic) bond motifs is 1. The van der Waals surface area contributed by atoms with Gasteiger partial charge < -0.3 is 0 Å². The maximum atomic E-state index is 9.90. The summed E-state index contributed by atoms with van der Waals surface area (Å²) in [4.78, 5) is 2.31. The van der Waals surface area contributed by atoms with Crippen LogP contribution in [0, 0.1) is 11.3 Å². The fourth-order valence-electron chi connectivity index (χ4n) is 3.48. The Balaban J connectivity index is 2.64. The molecule has 1 aliphatic rings. The molecule has 102 valence electrons. The molecule has 0 fully saturated rings. The third kappa shape index (κ3) is 2.07. The number of nitriles is 1. The lowest BCUT2D eigenvalue weighted by molar-refractivity contribution is 0.117. The van der Waals surface area contributed by atoms with E-state index in [1.807, 2.05) is 0 Å². The molecule has 0 saturated carbocycles. The molecule has 1 aromatic rings. The Morgan fingerprint density at radius 1 is 1.11 bits per heavy atom. The van der Waals surface area contributed by atoms with E-state index in [1.54, 1.807) is 0 Å².